The molecule has 1 aliphatic heterocycles. The van der Waals surface area contributed by atoms with E-state index < -0.39 is 12.1 Å². The SMILES string of the molecule is COC(=O)c1cccc(NC(=O)N2CCC([C@H](O)c3nccn3C)CC2)c1. The molecule has 144 valence electrons. The molecule has 27 heavy (non-hydrogen) atoms. The Morgan fingerprint density at radius 1 is 1.33 bits per heavy atom. The van der Waals surface area contributed by atoms with E-state index in [1.54, 1.807) is 35.4 Å². The number of anilines is 1. The van der Waals surface area contributed by atoms with Crippen molar-refractivity contribution in [1.82, 2.24) is 14.5 Å². The Hall–Kier alpha value is -2.87. The van der Waals surface area contributed by atoms with Crippen LogP contribution in [0.1, 0.15) is 35.1 Å². The minimum Gasteiger partial charge on any atom is -0.465 e. The van der Waals surface area contributed by atoms with Crippen LogP contribution >= 0.6 is 0 Å². The molecule has 0 aliphatic carbocycles. The molecule has 1 fully saturated rings. The van der Waals surface area contributed by atoms with E-state index in [0.717, 1.165) is 0 Å². The normalized spacial score (nSPS) is 16.0. The van der Waals surface area contributed by atoms with Crippen molar-refractivity contribution >= 4 is 17.7 Å². The predicted octanol–water partition coefficient (Wildman–Crippen LogP) is 2.18. The molecule has 1 saturated heterocycles. The van der Waals surface area contributed by atoms with Gasteiger partial charge in [-0.05, 0) is 37.0 Å². The molecule has 8 nitrogen and oxygen atoms in total. The van der Waals surface area contributed by atoms with Gasteiger partial charge >= 0.3 is 12.0 Å². The number of urea groups is 1. The number of nitrogens with one attached hydrogen (secondary N) is 1. The Balaban J connectivity index is 1.56. The lowest BCUT2D eigenvalue weighted by Gasteiger charge is -2.34. The largest absolute Gasteiger partial charge is 0.465 e. The van der Waals surface area contributed by atoms with Crippen LogP contribution in [0.25, 0.3) is 0 Å². The fraction of sp³-hybridized carbons (Fsp3) is 0.421. The number of ether oxygens (including phenoxy) is 1. The summed E-state index contributed by atoms with van der Waals surface area (Å²) >= 11 is 0. The van der Waals surface area contributed by atoms with E-state index in [1.807, 2.05) is 17.8 Å². The zero-order valence-electron chi connectivity index (χ0n) is 15.5. The zero-order chi connectivity index (χ0) is 19.4. The highest BCUT2D eigenvalue weighted by molar-refractivity contribution is 5.93. The second kappa shape index (κ2) is 8.22. The number of likely N-dealkylation sites (tertiary alicyclic amines) is 1. The first-order valence-corrected chi connectivity index (χ1v) is 8.89. The maximum Gasteiger partial charge on any atom is 0.337 e. The van der Waals surface area contributed by atoms with Gasteiger partial charge in [0.1, 0.15) is 11.9 Å². The Kier molecular flexibility index (Phi) is 5.75. The highest BCUT2D eigenvalue weighted by Crippen LogP contribution is 2.30. The number of benzene rings is 1. The maximum atomic E-state index is 12.5. The third-order valence-electron chi connectivity index (χ3n) is 4.93. The number of carbonyl (C=O) groups excluding carboxylic acids is 2. The number of aromatic nitrogens is 2. The average molecular weight is 372 g/mol. The molecule has 0 unspecified atom stereocenters. The van der Waals surface area contributed by atoms with Gasteiger partial charge in [0.2, 0.25) is 0 Å². The second-order valence-electron chi connectivity index (χ2n) is 6.67. The van der Waals surface area contributed by atoms with Crippen LogP contribution in [0.2, 0.25) is 0 Å². The molecule has 1 aliphatic rings. The molecular formula is C19H24N4O4. The minimum absolute atomic E-state index is 0.0674. The van der Waals surface area contributed by atoms with Crippen LogP contribution < -0.4 is 5.32 Å². The molecular weight excluding hydrogens is 348 g/mol. The summed E-state index contributed by atoms with van der Waals surface area (Å²) < 4.78 is 6.51. The summed E-state index contributed by atoms with van der Waals surface area (Å²) in [6, 6.07) is 6.41. The number of imidazole rings is 1. The molecule has 0 bridgehead atoms. The van der Waals surface area contributed by atoms with E-state index >= 15 is 0 Å². The van der Waals surface area contributed by atoms with Crippen LogP contribution in [0.3, 0.4) is 0 Å². The maximum absolute atomic E-state index is 12.5. The van der Waals surface area contributed by atoms with Gasteiger partial charge in [0.15, 0.2) is 0 Å². The number of aryl methyl sites for hydroxylation is 1. The number of rotatable bonds is 4. The summed E-state index contributed by atoms with van der Waals surface area (Å²) in [4.78, 5) is 30.0. The van der Waals surface area contributed by atoms with Crippen molar-refractivity contribution in [3.8, 4) is 0 Å². The van der Waals surface area contributed by atoms with E-state index in [-0.39, 0.29) is 11.9 Å². The molecule has 1 aromatic heterocycles. The minimum atomic E-state index is -0.632. The molecule has 3 rings (SSSR count). The highest BCUT2D eigenvalue weighted by atomic mass is 16.5. The third kappa shape index (κ3) is 4.28. The van der Waals surface area contributed by atoms with Crippen molar-refractivity contribution in [1.29, 1.82) is 0 Å². The predicted molar refractivity (Wildman–Crippen MR) is 99.3 cm³/mol. The van der Waals surface area contributed by atoms with Crippen molar-refractivity contribution in [2.45, 2.75) is 18.9 Å². The monoisotopic (exact) mass is 372 g/mol. The van der Waals surface area contributed by atoms with Crippen LogP contribution in [0.15, 0.2) is 36.7 Å². The quantitative estimate of drug-likeness (QED) is 0.802. The number of esters is 1. The average Bonchev–Trinajstić information content (AvgIpc) is 3.13. The summed E-state index contributed by atoms with van der Waals surface area (Å²) in [5.74, 6) is 0.269. The lowest BCUT2D eigenvalue weighted by atomic mass is 9.91. The fourth-order valence-corrected chi connectivity index (χ4v) is 3.34. The lowest BCUT2D eigenvalue weighted by molar-refractivity contribution is 0.0600. The summed E-state index contributed by atoms with van der Waals surface area (Å²) in [6.07, 6.45) is 4.24. The zero-order valence-corrected chi connectivity index (χ0v) is 15.5. The van der Waals surface area contributed by atoms with Gasteiger partial charge in [-0.15, -0.1) is 0 Å². The Bertz CT molecular complexity index is 812. The van der Waals surface area contributed by atoms with Gasteiger partial charge in [0.25, 0.3) is 0 Å². The Labute approximate surface area is 157 Å². The first kappa shape index (κ1) is 18.9. The van der Waals surface area contributed by atoms with Gasteiger partial charge in [-0.1, -0.05) is 6.07 Å². The molecule has 2 heterocycles. The Morgan fingerprint density at radius 3 is 2.70 bits per heavy atom. The molecule has 0 spiro atoms. The van der Waals surface area contributed by atoms with Crippen LogP contribution in [-0.4, -0.2) is 51.8 Å². The van der Waals surface area contributed by atoms with Crippen LogP contribution in [0.5, 0.6) is 0 Å². The molecule has 0 radical (unpaired) electrons. The van der Waals surface area contributed by atoms with Crippen molar-refractivity contribution in [3.05, 3.63) is 48.0 Å². The number of methoxy groups -OCH3 is 1. The number of aliphatic hydroxyl groups is 1. The van der Waals surface area contributed by atoms with Gasteiger partial charge in [-0.3, -0.25) is 0 Å². The van der Waals surface area contributed by atoms with Crippen molar-refractivity contribution in [2.75, 3.05) is 25.5 Å². The molecule has 0 saturated carbocycles. The molecule has 2 N–H and O–H groups in total. The van der Waals surface area contributed by atoms with E-state index in [1.165, 1.54) is 7.11 Å². The fourth-order valence-electron chi connectivity index (χ4n) is 3.34. The van der Waals surface area contributed by atoms with Crippen molar-refractivity contribution in [3.63, 3.8) is 0 Å². The topological polar surface area (TPSA) is 96.7 Å². The van der Waals surface area contributed by atoms with Crippen molar-refractivity contribution in [2.24, 2.45) is 13.0 Å². The summed E-state index contributed by atoms with van der Waals surface area (Å²) in [5, 5.41) is 13.3. The first-order chi connectivity index (χ1) is 13.0. The lowest BCUT2D eigenvalue weighted by Crippen LogP contribution is -2.42. The molecule has 1 atom stereocenters. The third-order valence-corrected chi connectivity index (χ3v) is 4.93. The first-order valence-electron chi connectivity index (χ1n) is 8.89. The summed E-state index contributed by atoms with van der Waals surface area (Å²) in [5.41, 5.74) is 0.922. The van der Waals surface area contributed by atoms with Gasteiger partial charge in [-0.2, -0.15) is 0 Å². The second-order valence-corrected chi connectivity index (χ2v) is 6.67. The molecule has 2 aromatic rings. The Morgan fingerprint density at radius 2 is 2.07 bits per heavy atom. The number of amides is 2. The number of hydrogen-bond acceptors (Lipinski definition) is 5. The van der Waals surface area contributed by atoms with Crippen LogP contribution in [-0.2, 0) is 11.8 Å². The van der Waals surface area contributed by atoms with Crippen LogP contribution in [0.4, 0.5) is 10.5 Å². The number of nitrogens with zero attached hydrogens (tertiary/aromatic N) is 3. The summed E-state index contributed by atoms with van der Waals surface area (Å²) in [6.45, 7) is 1.10. The van der Waals surface area contributed by atoms with Crippen LogP contribution in [0, 0.1) is 5.92 Å². The van der Waals surface area contributed by atoms with E-state index in [0.29, 0.717) is 43.0 Å². The van der Waals surface area contributed by atoms with Gasteiger partial charge < -0.3 is 24.6 Å². The van der Waals surface area contributed by atoms with Crippen molar-refractivity contribution < 1.29 is 19.4 Å². The smallest absolute Gasteiger partial charge is 0.337 e. The number of aliphatic hydroxyl groups excluding tert-OH is 1. The van der Waals surface area contributed by atoms with Gasteiger partial charge in [0, 0.05) is 38.2 Å². The highest BCUT2D eigenvalue weighted by Gasteiger charge is 2.30. The van der Waals surface area contributed by atoms with Gasteiger partial charge in [-0.25, -0.2) is 14.6 Å². The number of carbonyl (C=O) groups is 2. The number of piperidine rings is 1. The molecule has 8 heteroatoms. The van der Waals surface area contributed by atoms with E-state index in [9.17, 15) is 14.7 Å². The van der Waals surface area contributed by atoms with E-state index in [4.69, 9.17) is 4.74 Å². The van der Waals surface area contributed by atoms with Gasteiger partial charge in [0.05, 0.1) is 12.7 Å². The number of hydrogen-bond donors (Lipinski definition) is 2. The molecule has 1 aromatic carbocycles. The summed E-state index contributed by atoms with van der Waals surface area (Å²) in [7, 11) is 3.17. The molecule has 2 amide bonds. The standard InChI is InChI=1S/C19H24N4O4/c1-22-11-8-20-17(22)16(24)13-6-9-23(10-7-13)19(26)21-15-5-3-4-14(12-15)18(25)27-2/h3-5,8,11-13,16,24H,6-7,9-10H2,1-2H3,(H,21,26)/t16-/m0/s1. The van der Waals surface area contributed by atoms with E-state index in [2.05, 4.69) is 10.3 Å².